The third-order valence-electron chi connectivity index (χ3n) is 4.88. The molecule has 0 radical (unpaired) electrons. The molecule has 0 unspecified atom stereocenters. The second-order valence-corrected chi connectivity index (χ2v) is 6.51. The molecule has 0 amide bonds. The topological polar surface area (TPSA) is 74.1 Å². The van der Waals surface area contributed by atoms with E-state index in [9.17, 15) is 0 Å². The van der Waals surface area contributed by atoms with Crippen molar-refractivity contribution in [1.29, 1.82) is 0 Å². The molecule has 0 atom stereocenters. The predicted molar refractivity (Wildman–Crippen MR) is 96.6 cm³/mol. The van der Waals surface area contributed by atoms with E-state index >= 15 is 0 Å². The Balaban J connectivity index is 1.55. The van der Waals surface area contributed by atoms with E-state index in [0.717, 1.165) is 59.6 Å². The van der Waals surface area contributed by atoms with Gasteiger partial charge in [0.05, 0.1) is 11.0 Å². The number of aromatic nitrogens is 4. The van der Waals surface area contributed by atoms with Crippen molar-refractivity contribution in [3.05, 3.63) is 36.4 Å². The fourth-order valence-electron chi connectivity index (χ4n) is 3.38. The molecule has 0 saturated carbocycles. The molecule has 2 aromatic carbocycles. The molecule has 126 valence electrons. The first-order chi connectivity index (χ1) is 12.3. The minimum absolute atomic E-state index is 0.723. The number of anilines is 1. The lowest BCUT2D eigenvalue weighted by atomic mass is 10.2. The van der Waals surface area contributed by atoms with E-state index in [4.69, 9.17) is 9.61 Å². The molecular formula is C18H18N6O. The highest BCUT2D eigenvalue weighted by molar-refractivity contribution is 5.91. The lowest BCUT2D eigenvalue weighted by Crippen LogP contribution is -2.44. The van der Waals surface area contributed by atoms with Crippen LogP contribution < -0.4 is 4.90 Å². The van der Waals surface area contributed by atoms with Gasteiger partial charge in [-0.05, 0) is 47.7 Å². The van der Waals surface area contributed by atoms with Crippen LogP contribution in [0.25, 0.3) is 33.5 Å². The van der Waals surface area contributed by atoms with Crippen molar-refractivity contribution in [3.8, 4) is 11.4 Å². The molecule has 5 rings (SSSR count). The Bertz CT molecular complexity index is 1040. The molecule has 1 aliphatic rings. The molecule has 1 fully saturated rings. The van der Waals surface area contributed by atoms with Crippen LogP contribution in [-0.2, 0) is 0 Å². The summed E-state index contributed by atoms with van der Waals surface area (Å²) in [6.07, 6.45) is 0. The Hall–Kier alpha value is -2.93. The second-order valence-electron chi connectivity index (χ2n) is 6.51. The van der Waals surface area contributed by atoms with Crippen molar-refractivity contribution in [2.75, 3.05) is 38.1 Å². The van der Waals surface area contributed by atoms with E-state index < -0.39 is 0 Å². The fraction of sp³-hybridized carbons (Fsp3) is 0.278. The first kappa shape index (κ1) is 14.4. The lowest BCUT2D eigenvalue weighted by Gasteiger charge is -2.34. The SMILES string of the molecule is CN1CCN(c2ccc3nc(-c4cccc5nonc45)[nH]c3c2)CC1. The van der Waals surface area contributed by atoms with Gasteiger partial charge < -0.3 is 14.8 Å². The molecule has 1 N–H and O–H groups in total. The average molecular weight is 334 g/mol. The fourth-order valence-corrected chi connectivity index (χ4v) is 3.38. The third-order valence-corrected chi connectivity index (χ3v) is 4.88. The van der Waals surface area contributed by atoms with Gasteiger partial charge in [0.15, 0.2) is 0 Å². The van der Waals surface area contributed by atoms with Crippen LogP contribution in [0.3, 0.4) is 0 Å². The first-order valence-electron chi connectivity index (χ1n) is 8.43. The van der Waals surface area contributed by atoms with Crippen molar-refractivity contribution in [3.63, 3.8) is 0 Å². The number of benzene rings is 2. The summed E-state index contributed by atoms with van der Waals surface area (Å²) in [5.74, 6) is 0.784. The van der Waals surface area contributed by atoms with Crippen LogP contribution in [0, 0.1) is 0 Å². The summed E-state index contributed by atoms with van der Waals surface area (Å²) < 4.78 is 4.86. The van der Waals surface area contributed by atoms with E-state index in [2.05, 4.69) is 50.3 Å². The minimum Gasteiger partial charge on any atom is -0.369 e. The number of likely N-dealkylation sites (N-methyl/N-ethyl adjacent to an activating group) is 1. The van der Waals surface area contributed by atoms with Crippen molar-refractivity contribution >= 4 is 27.8 Å². The smallest absolute Gasteiger partial charge is 0.146 e. The number of imidazole rings is 1. The van der Waals surface area contributed by atoms with Crippen LogP contribution in [-0.4, -0.2) is 58.4 Å². The molecule has 4 aromatic rings. The number of nitrogens with zero attached hydrogens (tertiary/aromatic N) is 5. The zero-order chi connectivity index (χ0) is 16.8. The molecular weight excluding hydrogens is 316 g/mol. The maximum atomic E-state index is 4.86. The molecule has 7 nitrogen and oxygen atoms in total. The van der Waals surface area contributed by atoms with E-state index in [-0.39, 0.29) is 0 Å². The largest absolute Gasteiger partial charge is 0.369 e. The highest BCUT2D eigenvalue weighted by Gasteiger charge is 2.16. The summed E-state index contributed by atoms with van der Waals surface area (Å²) in [6.45, 7) is 4.28. The summed E-state index contributed by atoms with van der Waals surface area (Å²) in [7, 11) is 2.17. The number of H-pyrrole nitrogens is 1. The average Bonchev–Trinajstić information content (AvgIpc) is 3.28. The quantitative estimate of drug-likeness (QED) is 0.607. The summed E-state index contributed by atoms with van der Waals surface area (Å²) in [5.41, 5.74) is 5.56. The molecule has 0 aliphatic carbocycles. The Morgan fingerprint density at radius 3 is 2.76 bits per heavy atom. The summed E-state index contributed by atoms with van der Waals surface area (Å²) >= 11 is 0. The predicted octanol–water partition coefficient (Wildman–Crippen LogP) is 2.52. The molecule has 2 aromatic heterocycles. The molecule has 1 aliphatic heterocycles. The molecule has 7 heteroatoms. The molecule has 3 heterocycles. The van der Waals surface area contributed by atoms with Gasteiger partial charge in [-0.1, -0.05) is 6.07 Å². The number of hydrogen-bond donors (Lipinski definition) is 1. The maximum Gasteiger partial charge on any atom is 0.146 e. The van der Waals surface area contributed by atoms with Crippen LogP contribution in [0.5, 0.6) is 0 Å². The monoisotopic (exact) mass is 334 g/mol. The van der Waals surface area contributed by atoms with Gasteiger partial charge in [-0.2, -0.15) is 0 Å². The summed E-state index contributed by atoms with van der Waals surface area (Å²) in [5, 5.41) is 7.91. The summed E-state index contributed by atoms with van der Waals surface area (Å²) in [6, 6.07) is 12.2. The molecule has 25 heavy (non-hydrogen) atoms. The normalized spacial score (nSPS) is 16.1. The van der Waals surface area contributed by atoms with Gasteiger partial charge in [-0.25, -0.2) is 9.61 Å². The zero-order valence-corrected chi connectivity index (χ0v) is 13.9. The van der Waals surface area contributed by atoms with Crippen molar-refractivity contribution in [2.45, 2.75) is 0 Å². The van der Waals surface area contributed by atoms with Crippen LogP contribution in [0.1, 0.15) is 0 Å². The van der Waals surface area contributed by atoms with Gasteiger partial charge in [0.25, 0.3) is 0 Å². The van der Waals surface area contributed by atoms with Gasteiger partial charge in [0.2, 0.25) is 0 Å². The third kappa shape index (κ3) is 2.44. The van der Waals surface area contributed by atoms with Gasteiger partial charge >= 0.3 is 0 Å². The van der Waals surface area contributed by atoms with E-state index in [1.165, 1.54) is 5.69 Å². The van der Waals surface area contributed by atoms with Crippen molar-refractivity contribution < 1.29 is 4.63 Å². The highest BCUT2D eigenvalue weighted by atomic mass is 16.6. The standard InChI is InChI=1S/C18H18N6O/c1-23-7-9-24(10-8-23)12-5-6-14-16(11-12)20-18(19-14)13-3-2-4-15-17(13)22-25-21-15/h2-6,11H,7-10H2,1H3,(H,19,20). The van der Waals surface area contributed by atoms with E-state index in [1.54, 1.807) is 0 Å². The second kappa shape index (κ2) is 5.56. The molecule has 1 saturated heterocycles. The van der Waals surface area contributed by atoms with Crippen LogP contribution in [0.2, 0.25) is 0 Å². The first-order valence-corrected chi connectivity index (χ1v) is 8.43. The summed E-state index contributed by atoms with van der Waals surface area (Å²) in [4.78, 5) is 12.9. The van der Waals surface area contributed by atoms with Crippen LogP contribution in [0.15, 0.2) is 41.0 Å². The van der Waals surface area contributed by atoms with Crippen molar-refractivity contribution in [2.24, 2.45) is 0 Å². The molecule has 0 bridgehead atoms. The van der Waals surface area contributed by atoms with Crippen LogP contribution >= 0.6 is 0 Å². The Labute approximate surface area is 144 Å². The van der Waals surface area contributed by atoms with E-state index in [1.807, 2.05) is 18.2 Å². The Kier molecular flexibility index (Phi) is 3.21. The van der Waals surface area contributed by atoms with Crippen LogP contribution in [0.4, 0.5) is 5.69 Å². The molecule has 0 spiro atoms. The number of piperazine rings is 1. The van der Waals surface area contributed by atoms with E-state index in [0.29, 0.717) is 0 Å². The lowest BCUT2D eigenvalue weighted by molar-refractivity contribution is 0.313. The highest BCUT2D eigenvalue weighted by Crippen LogP contribution is 2.28. The number of aromatic amines is 1. The number of hydrogen-bond acceptors (Lipinski definition) is 6. The van der Waals surface area contributed by atoms with Crippen molar-refractivity contribution in [1.82, 2.24) is 25.2 Å². The number of fused-ring (bicyclic) bond motifs is 2. The Morgan fingerprint density at radius 2 is 1.88 bits per heavy atom. The van der Waals surface area contributed by atoms with Gasteiger partial charge in [-0.15, -0.1) is 0 Å². The van der Waals surface area contributed by atoms with Gasteiger partial charge in [-0.3, -0.25) is 0 Å². The maximum absolute atomic E-state index is 4.86. The van der Waals surface area contributed by atoms with Gasteiger partial charge in [0, 0.05) is 37.4 Å². The minimum atomic E-state index is 0.723. The Morgan fingerprint density at radius 1 is 1.00 bits per heavy atom. The zero-order valence-electron chi connectivity index (χ0n) is 13.9. The van der Waals surface area contributed by atoms with Gasteiger partial charge in [0.1, 0.15) is 16.9 Å². The number of rotatable bonds is 2. The number of nitrogens with one attached hydrogen (secondary N) is 1.